The molecular weight excluding hydrogens is 366 g/mol. The van der Waals surface area contributed by atoms with Crippen LogP contribution in [0.2, 0.25) is 0 Å². The van der Waals surface area contributed by atoms with Gasteiger partial charge in [0.1, 0.15) is 4.64 Å². The van der Waals surface area contributed by atoms with Crippen LogP contribution in [0, 0.1) is 10.6 Å². The summed E-state index contributed by atoms with van der Waals surface area (Å²) in [6.07, 6.45) is 2.54. The number of hydrogen-bond donors (Lipinski definition) is 3. The highest BCUT2D eigenvalue weighted by Crippen LogP contribution is 2.28. The van der Waals surface area contributed by atoms with Crippen molar-refractivity contribution in [2.24, 2.45) is 5.92 Å². The molecule has 0 aliphatic rings. The second-order valence-electron chi connectivity index (χ2n) is 6.22. The van der Waals surface area contributed by atoms with Crippen molar-refractivity contribution in [3.8, 4) is 11.5 Å². The van der Waals surface area contributed by atoms with E-state index in [9.17, 15) is 9.59 Å². The number of aromatic amines is 1. The molecule has 0 saturated carbocycles. The fourth-order valence-corrected chi connectivity index (χ4v) is 2.41. The molecule has 0 bridgehead atoms. The highest BCUT2D eigenvalue weighted by Gasteiger charge is 2.13. The number of amides is 2. The van der Waals surface area contributed by atoms with Crippen LogP contribution in [0.3, 0.4) is 0 Å². The number of hydrogen-bond acceptors (Lipinski definition) is 5. The normalized spacial score (nSPS) is 10.4. The molecule has 0 aliphatic heterocycles. The molecule has 2 amide bonds. The summed E-state index contributed by atoms with van der Waals surface area (Å²) in [5.41, 5.74) is 5.28. The van der Waals surface area contributed by atoms with E-state index in [0.717, 1.165) is 6.42 Å². The van der Waals surface area contributed by atoms with Crippen molar-refractivity contribution < 1.29 is 19.1 Å². The van der Waals surface area contributed by atoms with Crippen LogP contribution in [-0.4, -0.2) is 30.5 Å². The Morgan fingerprint density at radius 1 is 1.15 bits per heavy atom. The van der Waals surface area contributed by atoms with E-state index in [1.165, 1.54) is 7.11 Å². The lowest BCUT2D eigenvalue weighted by Crippen LogP contribution is -2.41. The minimum absolute atomic E-state index is 0.263. The zero-order valence-electron chi connectivity index (χ0n) is 15.5. The van der Waals surface area contributed by atoms with Gasteiger partial charge in [-0.1, -0.05) is 26.1 Å². The number of carbonyl (C=O) groups is 2. The van der Waals surface area contributed by atoms with E-state index in [2.05, 4.69) is 29.7 Å². The maximum atomic E-state index is 12.3. The molecule has 0 radical (unpaired) electrons. The van der Waals surface area contributed by atoms with E-state index in [1.54, 1.807) is 36.5 Å². The van der Waals surface area contributed by atoms with Gasteiger partial charge in [0.05, 0.1) is 19.3 Å². The fraction of sp³-hybridized carbons (Fsp3) is 0.316. The molecule has 1 aromatic heterocycles. The summed E-state index contributed by atoms with van der Waals surface area (Å²) in [4.78, 5) is 27.1. The van der Waals surface area contributed by atoms with Crippen LogP contribution in [-0.2, 0) is 0 Å². The zero-order valence-corrected chi connectivity index (χ0v) is 16.3. The Morgan fingerprint density at radius 2 is 1.89 bits per heavy atom. The number of benzene rings is 1. The van der Waals surface area contributed by atoms with Gasteiger partial charge in [-0.2, -0.15) is 0 Å². The second-order valence-corrected chi connectivity index (χ2v) is 6.63. The predicted octanol–water partition coefficient (Wildman–Crippen LogP) is 3.25. The summed E-state index contributed by atoms with van der Waals surface area (Å²) >= 11 is 5.04. The van der Waals surface area contributed by atoms with Crippen LogP contribution < -0.4 is 20.3 Å². The van der Waals surface area contributed by atoms with E-state index in [-0.39, 0.29) is 10.2 Å². The molecule has 144 valence electrons. The topological polar surface area (TPSA) is 92.5 Å². The molecule has 8 heteroatoms. The highest BCUT2D eigenvalue weighted by molar-refractivity contribution is 7.71. The largest absolute Gasteiger partial charge is 0.493 e. The molecule has 1 aromatic carbocycles. The average Bonchev–Trinajstić information content (AvgIpc) is 2.66. The molecule has 0 fully saturated rings. The Labute approximate surface area is 163 Å². The van der Waals surface area contributed by atoms with Crippen molar-refractivity contribution in [2.45, 2.75) is 20.3 Å². The van der Waals surface area contributed by atoms with Crippen molar-refractivity contribution >= 4 is 24.0 Å². The number of methoxy groups -OCH3 is 1. The Kier molecular flexibility index (Phi) is 7.36. The Balaban J connectivity index is 2.00. The van der Waals surface area contributed by atoms with Crippen molar-refractivity contribution in [3.63, 3.8) is 0 Å². The minimum Gasteiger partial charge on any atom is -0.493 e. The second kappa shape index (κ2) is 9.72. The predicted molar refractivity (Wildman–Crippen MR) is 105 cm³/mol. The van der Waals surface area contributed by atoms with E-state index in [1.807, 2.05) is 0 Å². The van der Waals surface area contributed by atoms with E-state index in [4.69, 9.17) is 21.7 Å². The summed E-state index contributed by atoms with van der Waals surface area (Å²) in [6, 6.07) is 8.04. The highest BCUT2D eigenvalue weighted by atomic mass is 32.1. The lowest BCUT2D eigenvalue weighted by Gasteiger charge is -2.13. The maximum absolute atomic E-state index is 12.3. The minimum atomic E-state index is -0.509. The first kappa shape index (κ1) is 20.4. The summed E-state index contributed by atoms with van der Waals surface area (Å²) in [5.74, 6) is 0.548. The molecule has 2 rings (SSSR count). The van der Waals surface area contributed by atoms with Crippen LogP contribution in [0.1, 0.15) is 41.0 Å². The van der Waals surface area contributed by atoms with Crippen LogP contribution in [0.25, 0.3) is 0 Å². The first-order valence-corrected chi connectivity index (χ1v) is 8.92. The van der Waals surface area contributed by atoms with Gasteiger partial charge in [-0.3, -0.25) is 20.4 Å². The van der Waals surface area contributed by atoms with Gasteiger partial charge < -0.3 is 14.5 Å². The standard InChI is InChI=1S/C19H23N3O4S/c1-12(2)8-10-26-15-7-6-13(11-16(15)25-3)17(23)21-22-18(24)14-5-4-9-20-19(14)27/h4-7,9,11-12H,8,10H2,1-3H3,(H,20,27)(H,21,23)(H,22,24). The molecular formula is C19H23N3O4S. The van der Waals surface area contributed by atoms with E-state index >= 15 is 0 Å². The molecule has 0 unspecified atom stereocenters. The van der Waals surface area contributed by atoms with Gasteiger partial charge in [0.15, 0.2) is 11.5 Å². The summed E-state index contributed by atoms with van der Waals surface area (Å²) in [6.45, 7) is 4.79. The third-order valence-electron chi connectivity index (χ3n) is 3.73. The van der Waals surface area contributed by atoms with Gasteiger partial charge in [0, 0.05) is 11.8 Å². The number of nitrogens with one attached hydrogen (secondary N) is 3. The third kappa shape index (κ3) is 5.82. The van der Waals surface area contributed by atoms with Gasteiger partial charge in [-0.05, 0) is 42.7 Å². The molecule has 0 aliphatic carbocycles. The SMILES string of the molecule is COc1cc(C(=O)NNC(=O)c2ccc[nH]c2=S)ccc1OCCC(C)C. The number of aromatic nitrogens is 1. The quantitative estimate of drug-likeness (QED) is 0.499. The Hall–Kier alpha value is -2.87. The first-order chi connectivity index (χ1) is 12.9. The average molecular weight is 389 g/mol. The van der Waals surface area contributed by atoms with Crippen molar-refractivity contribution in [2.75, 3.05) is 13.7 Å². The summed E-state index contributed by atoms with van der Waals surface area (Å²) in [5, 5.41) is 0. The summed E-state index contributed by atoms with van der Waals surface area (Å²) in [7, 11) is 1.51. The molecule has 27 heavy (non-hydrogen) atoms. The molecule has 0 spiro atoms. The molecule has 0 atom stereocenters. The van der Waals surface area contributed by atoms with Crippen molar-refractivity contribution in [3.05, 3.63) is 52.3 Å². The smallest absolute Gasteiger partial charge is 0.272 e. The first-order valence-electron chi connectivity index (χ1n) is 8.51. The van der Waals surface area contributed by atoms with Gasteiger partial charge in [0.2, 0.25) is 0 Å². The molecule has 7 nitrogen and oxygen atoms in total. The number of rotatable bonds is 7. The monoisotopic (exact) mass is 389 g/mol. The van der Waals surface area contributed by atoms with Crippen LogP contribution >= 0.6 is 12.2 Å². The van der Waals surface area contributed by atoms with Gasteiger partial charge in [-0.25, -0.2) is 0 Å². The Bertz CT molecular complexity index is 864. The van der Waals surface area contributed by atoms with Gasteiger partial charge in [0.25, 0.3) is 11.8 Å². The molecule has 2 aromatic rings. The molecule has 1 heterocycles. The third-order valence-corrected chi connectivity index (χ3v) is 4.07. The van der Waals surface area contributed by atoms with Crippen LogP contribution in [0.5, 0.6) is 11.5 Å². The number of carbonyl (C=O) groups excluding carboxylic acids is 2. The maximum Gasteiger partial charge on any atom is 0.272 e. The molecule has 0 saturated heterocycles. The number of hydrazine groups is 1. The van der Waals surface area contributed by atoms with Crippen molar-refractivity contribution in [1.82, 2.24) is 15.8 Å². The Morgan fingerprint density at radius 3 is 2.56 bits per heavy atom. The van der Waals surface area contributed by atoms with E-state index < -0.39 is 11.8 Å². The lowest BCUT2D eigenvalue weighted by molar-refractivity contribution is 0.0846. The lowest BCUT2D eigenvalue weighted by atomic mass is 10.1. The van der Waals surface area contributed by atoms with Gasteiger partial charge in [-0.15, -0.1) is 0 Å². The number of pyridine rings is 1. The van der Waals surface area contributed by atoms with Crippen LogP contribution in [0.15, 0.2) is 36.5 Å². The zero-order chi connectivity index (χ0) is 19.8. The van der Waals surface area contributed by atoms with Crippen molar-refractivity contribution in [1.29, 1.82) is 0 Å². The summed E-state index contributed by atoms with van der Waals surface area (Å²) < 4.78 is 11.3. The number of ether oxygens (including phenoxy) is 2. The van der Waals surface area contributed by atoms with Gasteiger partial charge >= 0.3 is 0 Å². The van der Waals surface area contributed by atoms with Crippen LogP contribution in [0.4, 0.5) is 0 Å². The number of H-pyrrole nitrogens is 1. The fourth-order valence-electron chi connectivity index (χ4n) is 2.19. The molecule has 3 N–H and O–H groups in total. The van der Waals surface area contributed by atoms with E-state index in [0.29, 0.717) is 29.6 Å².